The number of phenolic OH excluding ortho intramolecular Hbond substituents is 1. The Morgan fingerprint density at radius 2 is 1.96 bits per heavy atom. The Bertz CT molecular complexity index is 779. The molecular formula is C15H14I2N4O2S. The Balaban J connectivity index is 1.91. The van der Waals surface area contributed by atoms with Crippen molar-refractivity contribution in [2.24, 2.45) is 5.10 Å². The maximum absolute atomic E-state index is 11.8. The van der Waals surface area contributed by atoms with Crippen LogP contribution < -0.4 is 5.43 Å². The number of benzene rings is 1. The van der Waals surface area contributed by atoms with Crippen LogP contribution in [0.2, 0.25) is 0 Å². The molecule has 1 amide bonds. The lowest BCUT2D eigenvalue weighted by Gasteiger charge is -2.04. The molecule has 1 aromatic carbocycles. The maximum atomic E-state index is 11.8. The molecule has 0 aliphatic carbocycles. The van der Waals surface area contributed by atoms with Crippen LogP contribution in [-0.4, -0.2) is 32.9 Å². The molecule has 6 nitrogen and oxygen atoms in total. The zero-order valence-corrected chi connectivity index (χ0v) is 18.0. The summed E-state index contributed by atoms with van der Waals surface area (Å²) in [6.45, 7) is 3.77. The van der Waals surface area contributed by atoms with Gasteiger partial charge in [0.1, 0.15) is 5.75 Å². The highest BCUT2D eigenvalue weighted by molar-refractivity contribution is 14.1. The van der Waals surface area contributed by atoms with E-state index in [2.05, 4.69) is 43.1 Å². The molecular weight excluding hydrogens is 554 g/mol. The van der Waals surface area contributed by atoms with Crippen LogP contribution in [-0.2, 0) is 4.79 Å². The Morgan fingerprint density at radius 3 is 2.62 bits per heavy atom. The quantitative estimate of drug-likeness (QED) is 0.190. The van der Waals surface area contributed by atoms with Gasteiger partial charge in [0.15, 0.2) is 5.16 Å². The summed E-state index contributed by atoms with van der Waals surface area (Å²) >= 11 is 5.45. The number of hydrogen-bond donors (Lipinski definition) is 2. The van der Waals surface area contributed by atoms with E-state index in [1.54, 1.807) is 6.07 Å². The Labute approximate surface area is 171 Å². The van der Waals surface area contributed by atoms with Gasteiger partial charge in [0.2, 0.25) is 0 Å². The largest absolute Gasteiger partial charge is 0.506 e. The Hall–Kier alpha value is -0.950. The maximum Gasteiger partial charge on any atom is 0.250 e. The first-order chi connectivity index (χ1) is 11.3. The van der Waals surface area contributed by atoms with Gasteiger partial charge >= 0.3 is 0 Å². The summed E-state index contributed by atoms with van der Waals surface area (Å²) in [5.41, 5.74) is 4.72. The monoisotopic (exact) mass is 568 g/mol. The third kappa shape index (κ3) is 5.84. The van der Waals surface area contributed by atoms with Gasteiger partial charge in [-0.3, -0.25) is 4.79 Å². The number of amides is 1. The van der Waals surface area contributed by atoms with Crippen LogP contribution in [0.15, 0.2) is 28.5 Å². The van der Waals surface area contributed by atoms with Gasteiger partial charge in [-0.25, -0.2) is 15.4 Å². The zero-order chi connectivity index (χ0) is 17.7. The minimum absolute atomic E-state index is 0.145. The van der Waals surface area contributed by atoms with Gasteiger partial charge < -0.3 is 5.11 Å². The van der Waals surface area contributed by atoms with E-state index in [9.17, 15) is 9.90 Å². The van der Waals surface area contributed by atoms with E-state index in [4.69, 9.17) is 0 Å². The number of halogens is 2. The molecule has 0 spiro atoms. The van der Waals surface area contributed by atoms with Crippen molar-refractivity contribution in [2.45, 2.75) is 19.0 Å². The highest BCUT2D eigenvalue weighted by atomic mass is 127. The molecule has 24 heavy (non-hydrogen) atoms. The number of nitrogens with zero attached hydrogens (tertiary/aromatic N) is 3. The summed E-state index contributed by atoms with van der Waals surface area (Å²) in [6.07, 6.45) is 1.43. The molecule has 1 heterocycles. The lowest BCUT2D eigenvalue weighted by molar-refractivity contribution is -0.118. The molecule has 9 heteroatoms. The first-order valence-corrected chi connectivity index (χ1v) is 9.94. The second-order valence-corrected chi connectivity index (χ2v) is 8.19. The van der Waals surface area contributed by atoms with Crippen LogP contribution in [0.4, 0.5) is 0 Å². The lowest BCUT2D eigenvalue weighted by atomic mass is 10.2. The van der Waals surface area contributed by atoms with E-state index in [0.29, 0.717) is 10.7 Å². The second-order valence-electron chi connectivity index (χ2n) is 4.84. The van der Waals surface area contributed by atoms with E-state index in [0.717, 1.165) is 18.5 Å². The van der Waals surface area contributed by atoms with E-state index in [-0.39, 0.29) is 17.4 Å². The highest BCUT2D eigenvalue weighted by Crippen LogP contribution is 2.25. The standard InChI is InChI=1S/C15H14I2N4O2S/c1-8-3-9(2)20-15(19-8)24-7-13(22)21-18-6-10-4-11(16)5-12(17)14(10)23/h3-6,23H,7H2,1-2H3,(H,21,22)/b18-6-. The van der Waals surface area contributed by atoms with Crippen LogP contribution in [0.1, 0.15) is 17.0 Å². The van der Waals surface area contributed by atoms with Gasteiger partial charge in [-0.15, -0.1) is 0 Å². The highest BCUT2D eigenvalue weighted by Gasteiger charge is 2.07. The number of carbonyl (C=O) groups is 1. The van der Waals surface area contributed by atoms with Crippen LogP contribution >= 0.6 is 56.9 Å². The number of aryl methyl sites for hydroxylation is 2. The SMILES string of the molecule is Cc1cc(C)nc(SCC(=O)N/N=C\c2cc(I)cc(I)c2O)n1. The summed E-state index contributed by atoms with van der Waals surface area (Å²) in [7, 11) is 0. The first-order valence-electron chi connectivity index (χ1n) is 6.80. The molecule has 126 valence electrons. The third-order valence-electron chi connectivity index (χ3n) is 2.74. The smallest absolute Gasteiger partial charge is 0.250 e. The van der Waals surface area contributed by atoms with Crippen molar-refractivity contribution < 1.29 is 9.90 Å². The molecule has 0 aliphatic heterocycles. The van der Waals surface area contributed by atoms with Gasteiger partial charge in [-0.2, -0.15) is 5.10 Å². The lowest BCUT2D eigenvalue weighted by Crippen LogP contribution is -2.19. The molecule has 2 aromatic rings. The number of carbonyl (C=O) groups excluding carboxylic acids is 1. The fraction of sp³-hybridized carbons (Fsp3) is 0.200. The number of hydrogen-bond acceptors (Lipinski definition) is 6. The van der Waals surface area contributed by atoms with E-state index in [1.165, 1.54) is 18.0 Å². The summed E-state index contributed by atoms with van der Waals surface area (Å²) in [6, 6.07) is 5.52. The van der Waals surface area contributed by atoms with Crippen molar-refractivity contribution in [3.8, 4) is 5.75 Å². The minimum Gasteiger partial charge on any atom is -0.506 e. The number of phenols is 1. The predicted molar refractivity (Wildman–Crippen MR) is 112 cm³/mol. The minimum atomic E-state index is -0.265. The molecule has 0 fully saturated rings. The van der Waals surface area contributed by atoms with E-state index in [1.807, 2.05) is 48.6 Å². The number of aromatic nitrogens is 2. The van der Waals surface area contributed by atoms with Crippen LogP contribution in [0.25, 0.3) is 0 Å². The fourth-order valence-corrected chi connectivity index (χ4v) is 4.41. The molecule has 2 rings (SSSR count). The number of rotatable bonds is 5. The van der Waals surface area contributed by atoms with Crippen LogP contribution in [0.5, 0.6) is 5.75 Å². The molecule has 0 atom stereocenters. The predicted octanol–water partition coefficient (Wildman–Crippen LogP) is 3.25. The molecule has 0 bridgehead atoms. The van der Waals surface area contributed by atoms with Crippen LogP contribution in [0.3, 0.4) is 0 Å². The van der Waals surface area contributed by atoms with Crippen molar-refractivity contribution in [1.82, 2.24) is 15.4 Å². The van der Waals surface area contributed by atoms with Gasteiger partial charge in [0, 0.05) is 20.5 Å². The average molecular weight is 568 g/mol. The van der Waals surface area contributed by atoms with Crippen molar-refractivity contribution in [3.63, 3.8) is 0 Å². The zero-order valence-electron chi connectivity index (χ0n) is 12.9. The Kier molecular flexibility index (Phi) is 7.22. The summed E-state index contributed by atoms with van der Waals surface area (Å²) in [5, 5.41) is 14.4. The molecule has 1 aromatic heterocycles. The van der Waals surface area contributed by atoms with Gasteiger partial charge in [-0.1, -0.05) is 11.8 Å². The van der Waals surface area contributed by atoms with Gasteiger partial charge in [0.05, 0.1) is 15.5 Å². The van der Waals surface area contributed by atoms with E-state index >= 15 is 0 Å². The van der Waals surface area contributed by atoms with Crippen molar-refractivity contribution in [1.29, 1.82) is 0 Å². The van der Waals surface area contributed by atoms with Gasteiger partial charge in [-0.05, 0) is 77.2 Å². The molecule has 0 aliphatic rings. The van der Waals surface area contributed by atoms with Gasteiger partial charge in [0.25, 0.3) is 5.91 Å². The number of aromatic hydroxyl groups is 1. The molecule has 0 radical (unpaired) electrons. The summed E-state index contributed by atoms with van der Waals surface area (Å²) in [4.78, 5) is 20.4. The first kappa shape index (κ1) is 19.4. The molecule has 0 unspecified atom stereocenters. The van der Waals surface area contributed by atoms with Crippen LogP contribution in [0, 0.1) is 21.0 Å². The van der Waals surface area contributed by atoms with Crippen molar-refractivity contribution in [3.05, 3.63) is 42.3 Å². The number of nitrogens with one attached hydrogen (secondary N) is 1. The fourth-order valence-electron chi connectivity index (χ4n) is 1.78. The normalized spacial score (nSPS) is 11.0. The van der Waals surface area contributed by atoms with Crippen molar-refractivity contribution in [2.75, 3.05) is 5.75 Å². The number of hydrazone groups is 1. The third-order valence-corrected chi connectivity index (χ3v) is 5.04. The number of thioether (sulfide) groups is 1. The topological polar surface area (TPSA) is 87.5 Å². The molecule has 0 saturated heterocycles. The second kappa shape index (κ2) is 8.94. The average Bonchev–Trinajstić information content (AvgIpc) is 2.49. The van der Waals surface area contributed by atoms with Crippen molar-refractivity contribution >= 4 is 69.1 Å². The summed E-state index contributed by atoms with van der Waals surface area (Å²) < 4.78 is 1.71. The molecule has 2 N–H and O–H groups in total. The molecule has 0 saturated carbocycles. The Morgan fingerprint density at radius 1 is 1.29 bits per heavy atom. The summed E-state index contributed by atoms with van der Waals surface area (Å²) in [5.74, 6) is 0.0432. The van der Waals surface area contributed by atoms with E-state index < -0.39 is 0 Å².